The van der Waals surface area contributed by atoms with Crippen molar-refractivity contribution in [1.82, 2.24) is 20.9 Å². The van der Waals surface area contributed by atoms with Crippen molar-refractivity contribution in [3.05, 3.63) is 36.0 Å². The molecule has 0 bridgehead atoms. The summed E-state index contributed by atoms with van der Waals surface area (Å²) in [7, 11) is 0. The quantitative estimate of drug-likeness (QED) is 0.160. The van der Waals surface area contributed by atoms with Crippen molar-refractivity contribution in [3.8, 4) is 0 Å². The van der Waals surface area contributed by atoms with E-state index in [1.165, 1.54) is 6.92 Å². The van der Waals surface area contributed by atoms with E-state index in [1.807, 2.05) is 38.1 Å². The Kier molecular flexibility index (Phi) is 12.3. The number of benzene rings is 1. The highest BCUT2D eigenvalue weighted by Gasteiger charge is 2.32. The van der Waals surface area contributed by atoms with E-state index in [1.54, 1.807) is 6.20 Å². The molecule has 42 heavy (non-hydrogen) atoms. The fraction of sp³-hybridized carbons (Fsp3) is 0.548. The van der Waals surface area contributed by atoms with Gasteiger partial charge in [-0.3, -0.25) is 19.2 Å². The number of nitrogens with one attached hydrogen (secondary N) is 5. The number of carbonyl (C=O) groups excluding carboxylic acids is 5. The zero-order valence-electron chi connectivity index (χ0n) is 24.7. The van der Waals surface area contributed by atoms with Crippen LogP contribution in [0.15, 0.2) is 30.5 Å². The van der Waals surface area contributed by atoms with E-state index in [2.05, 4.69) is 20.9 Å². The molecule has 11 heteroatoms. The lowest BCUT2D eigenvalue weighted by atomic mass is 9.97. The minimum Gasteiger partial charge on any atom is -0.461 e. The Morgan fingerprint density at radius 2 is 1.64 bits per heavy atom. The number of aromatic amines is 1. The summed E-state index contributed by atoms with van der Waals surface area (Å²) in [6.45, 7) is 5.16. The molecule has 5 N–H and O–H groups in total. The zero-order chi connectivity index (χ0) is 30.6. The minimum absolute atomic E-state index is 0.0714. The number of carbonyl (C=O) groups is 5. The van der Waals surface area contributed by atoms with Crippen LogP contribution in [-0.4, -0.2) is 64.9 Å². The fourth-order valence-electron chi connectivity index (χ4n) is 5.26. The molecule has 0 saturated heterocycles. The van der Waals surface area contributed by atoms with Gasteiger partial charge in [0.25, 0.3) is 0 Å². The summed E-state index contributed by atoms with van der Waals surface area (Å²) in [4.78, 5) is 67.2. The molecule has 0 radical (unpaired) electrons. The number of aromatic nitrogens is 1. The van der Waals surface area contributed by atoms with Gasteiger partial charge in [0, 0.05) is 36.9 Å². The topological polar surface area (TPSA) is 170 Å². The molecule has 1 aliphatic carbocycles. The van der Waals surface area contributed by atoms with Gasteiger partial charge in [0.05, 0.1) is 6.21 Å². The number of esters is 1. The van der Waals surface area contributed by atoms with Gasteiger partial charge >= 0.3 is 5.97 Å². The summed E-state index contributed by atoms with van der Waals surface area (Å²) in [6.07, 6.45) is 7.18. The predicted octanol–water partition coefficient (Wildman–Crippen LogP) is 3.11. The van der Waals surface area contributed by atoms with Gasteiger partial charge in [-0.15, -0.1) is 0 Å². The Morgan fingerprint density at radius 3 is 2.31 bits per heavy atom. The van der Waals surface area contributed by atoms with Crippen LogP contribution in [0.25, 0.3) is 10.9 Å². The number of hydrogen-bond acceptors (Lipinski definition) is 7. The molecule has 3 rings (SSSR count). The number of hydrogen-bond donors (Lipinski definition) is 5. The SMILES string of the molecule is CC(=O)N[C@@H](Cc1c[nH]c2ccccc12)C(=O)N[C@@H](CCC(=O)C=N)C(=O)N[C@@H](CC(C)C)C(=O)OC1CCCCC1. The number of amides is 3. The van der Waals surface area contributed by atoms with Crippen LogP contribution in [0.3, 0.4) is 0 Å². The summed E-state index contributed by atoms with van der Waals surface area (Å²) in [6, 6.07) is 4.47. The Bertz CT molecular complexity index is 1270. The molecule has 2 aromatic rings. The van der Waals surface area contributed by atoms with Crippen LogP contribution in [0, 0.1) is 11.3 Å². The Balaban J connectivity index is 1.77. The van der Waals surface area contributed by atoms with Crippen LogP contribution in [-0.2, 0) is 35.1 Å². The van der Waals surface area contributed by atoms with Crippen LogP contribution < -0.4 is 16.0 Å². The van der Waals surface area contributed by atoms with Crippen molar-refractivity contribution in [2.45, 2.75) is 103 Å². The highest BCUT2D eigenvalue weighted by atomic mass is 16.5. The molecule has 11 nitrogen and oxygen atoms in total. The van der Waals surface area contributed by atoms with E-state index < -0.39 is 47.6 Å². The minimum atomic E-state index is -1.18. The molecule has 1 heterocycles. The number of ketones is 1. The highest BCUT2D eigenvalue weighted by molar-refractivity contribution is 6.26. The monoisotopic (exact) mass is 581 g/mol. The lowest BCUT2D eigenvalue weighted by Gasteiger charge is -2.28. The van der Waals surface area contributed by atoms with E-state index >= 15 is 0 Å². The first-order valence-electron chi connectivity index (χ1n) is 14.7. The van der Waals surface area contributed by atoms with Crippen molar-refractivity contribution in [2.24, 2.45) is 5.92 Å². The third-order valence-corrected chi connectivity index (χ3v) is 7.41. The maximum atomic E-state index is 13.5. The van der Waals surface area contributed by atoms with Gasteiger partial charge in [-0.1, -0.05) is 38.5 Å². The average Bonchev–Trinajstić information content (AvgIpc) is 3.36. The van der Waals surface area contributed by atoms with E-state index in [-0.39, 0.29) is 31.3 Å². The van der Waals surface area contributed by atoms with Gasteiger partial charge < -0.3 is 31.1 Å². The van der Waals surface area contributed by atoms with Crippen LogP contribution in [0.5, 0.6) is 0 Å². The molecule has 1 saturated carbocycles. The molecule has 0 spiro atoms. The maximum Gasteiger partial charge on any atom is 0.328 e. The van der Waals surface area contributed by atoms with Crippen molar-refractivity contribution < 1.29 is 28.7 Å². The van der Waals surface area contributed by atoms with Gasteiger partial charge in [0.1, 0.15) is 24.2 Å². The first-order valence-corrected chi connectivity index (χ1v) is 14.7. The molecule has 1 aliphatic rings. The summed E-state index contributed by atoms with van der Waals surface area (Å²) >= 11 is 0. The lowest BCUT2D eigenvalue weighted by molar-refractivity contribution is -0.155. The third-order valence-electron chi connectivity index (χ3n) is 7.41. The molecule has 1 fully saturated rings. The maximum absolute atomic E-state index is 13.5. The van der Waals surface area contributed by atoms with Crippen molar-refractivity contribution in [3.63, 3.8) is 0 Å². The van der Waals surface area contributed by atoms with Gasteiger partial charge in [-0.2, -0.15) is 0 Å². The molecule has 0 unspecified atom stereocenters. The largest absolute Gasteiger partial charge is 0.461 e. The molecule has 0 aliphatic heterocycles. The van der Waals surface area contributed by atoms with E-state index in [0.717, 1.165) is 48.6 Å². The number of ether oxygens (including phenoxy) is 1. The standard InChI is InChI=1S/C31H43N5O6/c1-19(2)15-28(31(41)42-23-9-5-4-6-10-23)36-29(39)26(14-13-22(38)17-32)35-30(40)27(34-20(3)37)16-21-18-33-25-12-8-7-11-24(21)25/h7-8,11-12,17-19,23,26-28,32-33H,4-6,9-10,13-16H2,1-3H3,(H,34,37)(H,35,40)(H,36,39)/t26-,27-,28-/m0/s1. The molecule has 3 atom stereocenters. The second-order valence-electron chi connectivity index (χ2n) is 11.4. The summed E-state index contributed by atoms with van der Waals surface area (Å²) in [5.41, 5.74) is 1.69. The molecule has 1 aromatic carbocycles. The molecule has 3 amide bonds. The van der Waals surface area contributed by atoms with Crippen molar-refractivity contribution >= 4 is 46.6 Å². The fourth-order valence-corrected chi connectivity index (χ4v) is 5.26. The predicted molar refractivity (Wildman–Crippen MR) is 159 cm³/mol. The summed E-state index contributed by atoms with van der Waals surface area (Å²) in [5, 5.41) is 16.2. The van der Waals surface area contributed by atoms with Crippen molar-refractivity contribution in [2.75, 3.05) is 0 Å². The van der Waals surface area contributed by atoms with Gasteiger partial charge in [-0.05, 0) is 56.1 Å². The van der Waals surface area contributed by atoms with Gasteiger partial charge in [-0.25, -0.2) is 4.79 Å². The summed E-state index contributed by atoms with van der Waals surface area (Å²) in [5.74, 6) is -2.61. The van der Waals surface area contributed by atoms with E-state index in [4.69, 9.17) is 10.1 Å². The van der Waals surface area contributed by atoms with Gasteiger partial charge in [0.15, 0.2) is 5.78 Å². The van der Waals surface area contributed by atoms with Crippen molar-refractivity contribution in [1.29, 1.82) is 5.41 Å². The number of para-hydroxylation sites is 1. The second-order valence-corrected chi connectivity index (χ2v) is 11.4. The molecule has 228 valence electrons. The Hall–Kier alpha value is -4.02. The molecule has 1 aromatic heterocycles. The highest BCUT2D eigenvalue weighted by Crippen LogP contribution is 2.22. The number of fused-ring (bicyclic) bond motifs is 1. The van der Waals surface area contributed by atoms with Gasteiger partial charge in [0.2, 0.25) is 17.7 Å². The average molecular weight is 582 g/mol. The van der Waals surface area contributed by atoms with Crippen LogP contribution >= 0.6 is 0 Å². The summed E-state index contributed by atoms with van der Waals surface area (Å²) < 4.78 is 5.73. The number of rotatable bonds is 15. The third kappa shape index (κ3) is 9.81. The first-order chi connectivity index (χ1) is 20.1. The van der Waals surface area contributed by atoms with Crippen LogP contribution in [0.4, 0.5) is 0 Å². The zero-order valence-corrected chi connectivity index (χ0v) is 24.7. The molecular formula is C31H43N5O6. The number of Topliss-reactive ketones (excluding diaryl/α,β-unsaturated/α-hetero) is 1. The normalized spacial score (nSPS) is 15.8. The Labute approximate surface area is 246 Å². The van der Waals surface area contributed by atoms with E-state index in [9.17, 15) is 24.0 Å². The van der Waals surface area contributed by atoms with Crippen LogP contribution in [0.2, 0.25) is 0 Å². The van der Waals surface area contributed by atoms with Crippen LogP contribution in [0.1, 0.15) is 77.7 Å². The first kappa shape index (κ1) is 32.5. The Morgan fingerprint density at radius 1 is 0.976 bits per heavy atom. The van der Waals surface area contributed by atoms with E-state index in [0.29, 0.717) is 12.6 Å². The second kappa shape index (κ2) is 15.8. The molecular weight excluding hydrogens is 538 g/mol. The lowest BCUT2D eigenvalue weighted by Crippen LogP contribution is -2.56. The number of H-pyrrole nitrogens is 1. The smallest absolute Gasteiger partial charge is 0.328 e.